The normalized spacial score (nSPS) is 10.7. The third kappa shape index (κ3) is 8.06. The zero-order chi connectivity index (χ0) is 19.5. The molecular formula is C20H28N4O3. The molecule has 27 heavy (non-hydrogen) atoms. The number of nitrogens with zero attached hydrogens (tertiary/aromatic N) is 2. The molecule has 1 aromatic carbocycles. The van der Waals surface area contributed by atoms with Gasteiger partial charge in [0.15, 0.2) is 0 Å². The molecule has 0 aliphatic heterocycles. The summed E-state index contributed by atoms with van der Waals surface area (Å²) in [5, 5.41) is 5.60. The van der Waals surface area contributed by atoms with E-state index in [4.69, 9.17) is 9.47 Å². The molecule has 0 saturated carbocycles. The van der Waals surface area contributed by atoms with E-state index < -0.39 is 0 Å². The second-order valence-corrected chi connectivity index (χ2v) is 6.33. The van der Waals surface area contributed by atoms with Gasteiger partial charge in [-0.1, -0.05) is 17.7 Å². The van der Waals surface area contributed by atoms with Gasteiger partial charge in [0.2, 0.25) is 5.88 Å². The average molecular weight is 372 g/mol. The number of methoxy groups -OCH3 is 1. The number of carbonyl (C=O) groups is 1. The fraction of sp³-hybridized carbons (Fsp3) is 0.400. The van der Waals surface area contributed by atoms with Crippen LogP contribution < -0.4 is 15.4 Å². The van der Waals surface area contributed by atoms with Crippen molar-refractivity contribution in [2.24, 2.45) is 0 Å². The Hall–Kier alpha value is -2.64. The number of amides is 2. The van der Waals surface area contributed by atoms with Crippen LogP contribution in [0.2, 0.25) is 0 Å². The van der Waals surface area contributed by atoms with Crippen LogP contribution in [0.1, 0.15) is 12.0 Å². The minimum atomic E-state index is -0.247. The molecule has 7 heteroatoms. The molecule has 2 rings (SSSR count). The predicted molar refractivity (Wildman–Crippen MR) is 107 cm³/mol. The van der Waals surface area contributed by atoms with E-state index in [1.54, 1.807) is 25.4 Å². The summed E-state index contributed by atoms with van der Waals surface area (Å²) in [6.07, 6.45) is 2.44. The van der Waals surface area contributed by atoms with Crippen LogP contribution >= 0.6 is 0 Å². The minimum Gasteiger partial charge on any atom is -0.439 e. The SMILES string of the molecule is COCCN(C)CCCNC(=O)Nc1ccc(Oc2ccc(C)cc2)nc1. The van der Waals surface area contributed by atoms with Crippen molar-refractivity contribution in [3.63, 3.8) is 0 Å². The van der Waals surface area contributed by atoms with Gasteiger partial charge in [0.25, 0.3) is 0 Å². The molecule has 0 fully saturated rings. The fourth-order valence-electron chi connectivity index (χ4n) is 2.33. The highest BCUT2D eigenvalue weighted by Crippen LogP contribution is 2.20. The molecule has 1 aromatic heterocycles. The van der Waals surface area contributed by atoms with Crippen LogP contribution in [0.3, 0.4) is 0 Å². The van der Waals surface area contributed by atoms with Crippen molar-refractivity contribution in [1.82, 2.24) is 15.2 Å². The number of urea groups is 1. The van der Waals surface area contributed by atoms with Gasteiger partial charge in [-0.2, -0.15) is 0 Å². The lowest BCUT2D eigenvalue weighted by atomic mass is 10.2. The summed E-state index contributed by atoms with van der Waals surface area (Å²) >= 11 is 0. The van der Waals surface area contributed by atoms with Crippen molar-refractivity contribution in [3.8, 4) is 11.6 Å². The van der Waals surface area contributed by atoms with Crippen molar-refractivity contribution >= 4 is 11.7 Å². The Balaban J connectivity index is 1.69. The lowest BCUT2D eigenvalue weighted by Crippen LogP contribution is -2.32. The summed E-state index contributed by atoms with van der Waals surface area (Å²) in [7, 11) is 3.72. The number of likely N-dealkylation sites (N-methyl/N-ethyl adjacent to an activating group) is 1. The Morgan fingerprint density at radius 2 is 1.93 bits per heavy atom. The van der Waals surface area contributed by atoms with E-state index in [0.29, 0.717) is 24.7 Å². The molecule has 1 heterocycles. The Bertz CT molecular complexity index is 689. The van der Waals surface area contributed by atoms with Gasteiger partial charge in [0.05, 0.1) is 18.5 Å². The van der Waals surface area contributed by atoms with E-state index in [2.05, 4.69) is 20.5 Å². The molecule has 0 radical (unpaired) electrons. The number of aryl methyl sites for hydroxylation is 1. The number of pyridine rings is 1. The molecule has 0 bridgehead atoms. The van der Waals surface area contributed by atoms with Crippen molar-refractivity contribution in [3.05, 3.63) is 48.2 Å². The molecular weight excluding hydrogens is 344 g/mol. The molecule has 146 valence electrons. The summed E-state index contributed by atoms with van der Waals surface area (Å²) in [6, 6.07) is 11.0. The number of aromatic nitrogens is 1. The van der Waals surface area contributed by atoms with Gasteiger partial charge in [-0.05, 0) is 45.1 Å². The highest BCUT2D eigenvalue weighted by molar-refractivity contribution is 5.88. The zero-order valence-corrected chi connectivity index (χ0v) is 16.2. The highest BCUT2D eigenvalue weighted by atomic mass is 16.5. The highest BCUT2D eigenvalue weighted by Gasteiger charge is 2.04. The molecule has 0 aliphatic carbocycles. The second kappa shape index (κ2) is 11.2. The summed E-state index contributed by atoms with van der Waals surface area (Å²) in [5.41, 5.74) is 1.78. The first-order chi connectivity index (χ1) is 13.1. The van der Waals surface area contributed by atoms with E-state index in [0.717, 1.165) is 25.3 Å². The number of hydrogen-bond donors (Lipinski definition) is 2. The second-order valence-electron chi connectivity index (χ2n) is 6.33. The van der Waals surface area contributed by atoms with Gasteiger partial charge in [-0.15, -0.1) is 0 Å². The number of carbonyl (C=O) groups excluding carboxylic acids is 1. The van der Waals surface area contributed by atoms with E-state index in [1.165, 1.54) is 5.56 Å². The summed E-state index contributed by atoms with van der Waals surface area (Å²) < 4.78 is 10.7. The van der Waals surface area contributed by atoms with E-state index in [9.17, 15) is 4.79 Å². The van der Waals surface area contributed by atoms with Gasteiger partial charge in [-0.25, -0.2) is 9.78 Å². The smallest absolute Gasteiger partial charge is 0.319 e. The number of benzene rings is 1. The Morgan fingerprint density at radius 1 is 1.15 bits per heavy atom. The van der Waals surface area contributed by atoms with Crippen LogP contribution in [0.5, 0.6) is 11.6 Å². The van der Waals surface area contributed by atoms with Crippen molar-refractivity contribution in [1.29, 1.82) is 0 Å². The van der Waals surface area contributed by atoms with Crippen molar-refractivity contribution < 1.29 is 14.3 Å². The number of anilines is 1. The largest absolute Gasteiger partial charge is 0.439 e. The third-order valence-electron chi connectivity index (χ3n) is 3.92. The first-order valence-corrected chi connectivity index (χ1v) is 9.00. The van der Waals surface area contributed by atoms with Crippen LogP contribution in [0.4, 0.5) is 10.5 Å². The van der Waals surface area contributed by atoms with Gasteiger partial charge >= 0.3 is 6.03 Å². The number of ether oxygens (including phenoxy) is 2. The number of nitrogens with one attached hydrogen (secondary N) is 2. The van der Waals surface area contributed by atoms with Crippen LogP contribution in [-0.4, -0.2) is 56.3 Å². The molecule has 0 unspecified atom stereocenters. The van der Waals surface area contributed by atoms with Crippen LogP contribution in [-0.2, 0) is 4.74 Å². The van der Waals surface area contributed by atoms with Gasteiger partial charge in [0, 0.05) is 26.3 Å². The molecule has 2 N–H and O–H groups in total. The zero-order valence-electron chi connectivity index (χ0n) is 16.2. The number of hydrogen-bond acceptors (Lipinski definition) is 5. The van der Waals surface area contributed by atoms with Gasteiger partial charge in [0.1, 0.15) is 5.75 Å². The maximum absolute atomic E-state index is 11.9. The summed E-state index contributed by atoms with van der Waals surface area (Å²) in [4.78, 5) is 18.3. The quantitative estimate of drug-likeness (QED) is 0.626. The van der Waals surface area contributed by atoms with Gasteiger partial charge < -0.3 is 25.0 Å². The van der Waals surface area contributed by atoms with Gasteiger partial charge in [-0.3, -0.25) is 0 Å². The van der Waals surface area contributed by atoms with Crippen LogP contribution in [0.15, 0.2) is 42.6 Å². The third-order valence-corrected chi connectivity index (χ3v) is 3.92. The summed E-state index contributed by atoms with van der Waals surface area (Å²) in [6.45, 7) is 5.11. The minimum absolute atomic E-state index is 0.247. The summed E-state index contributed by atoms with van der Waals surface area (Å²) in [5.74, 6) is 1.20. The topological polar surface area (TPSA) is 75.7 Å². The van der Waals surface area contributed by atoms with Crippen LogP contribution in [0.25, 0.3) is 0 Å². The molecule has 7 nitrogen and oxygen atoms in total. The Morgan fingerprint density at radius 3 is 2.59 bits per heavy atom. The fourth-order valence-corrected chi connectivity index (χ4v) is 2.33. The number of rotatable bonds is 10. The first-order valence-electron chi connectivity index (χ1n) is 9.00. The Labute approximate surface area is 160 Å². The lowest BCUT2D eigenvalue weighted by Gasteiger charge is -2.16. The van der Waals surface area contributed by atoms with E-state index in [-0.39, 0.29) is 6.03 Å². The van der Waals surface area contributed by atoms with Crippen molar-refractivity contribution in [2.75, 3.05) is 45.7 Å². The van der Waals surface area contributed by atoms with Crippen LogP contribution in [0, 0.1) is 6.92 Å². The maximum atomic E-state index is 11.9. The monoisotopic (exact) mass is 372 g/mol. The van der Waals surface area contributed by atoms with Crippen molar-refractivity contribution in [2.45, 2.75) is 13.3 Å². The predicted octanol–water partition coefficient (Wildman–Crippen LogP) is 3.27. The molecule has 0 saturated heterocycles. The lowest BCUT2D eigenvalue weighted by molar-refractivity contribution is 0.160. The molecule has 0 atom stereocenters. The standard InChI is InChI=1S/C20H28N4O3/c1-16-5-8-18(9-6-16)27-19-10-7-17(15-22-19)23-20(25)21-11-4-12-24(2)13-14-26-3/h5-10,15H,4,11-14H2,1-3H3,(H2,21,23,25). The maximum Gasteiger partial charge on any atom is 0.319 e. The van der Waals surface area contributed by atoms with E-state index >= 15 is 0 Å². The molecule has 0 aliphatic rings. The molecule has 0 spiro atoms. The van der Waals surface area contributed by atoms with E-state index in [1.807, 2.05) is 38.2 Å². The molecule has 2 amide bonds. The Kier molecular flexibility index (Phi) is 8.54. The first kappa shape index (κ1) is 20.7. The average Bonchev–Trinajstić information content (AvgIpc) is 2.67. The molecule has 2 aromatic rings.